The fourth-order valence-corrected chi connectivity index (χ4v) is 5.74. The van der Waals surface area contributed by atoms with Crippen molar-refractivity contribution in [3.63, 3.8) is 0 Å². The molecule has 3 aromatic rings. The molecule has 0 saturated heterocycles. The van der Waals surface area contributed by atoms with Crippen molar-refractivity contribution in [2.24, 2.45) is 0 Å². The molecule has 0 unspecified atom stereocenters. The van der Waals surface area contributed by atoms with Crippen molar-refractivity contribution in [1.82, 2.24) is 19.6 Å². The molecule has 0 aliphatic carbocycles. The first-order valence-corrected chi connectivity index (χ1v) is 15.3. The number of hydrogen-bond acceptors (Lipinski definition) is 7. The van der Waals surface area contributed by atoms with E-state index in [9.17, 15) is 18.0 Å². The van der Waals surface area contributed by atoms with Crippen LogP contribution in [0.5, 0.6) is 0 Å². The van der Waals surface area contributed by atoms with Gasteiger partial charge in [-0.15, -0.1) is 11.8 Å². The molecule has 9 nitrogen and oxygen atoms in total. The fourth-order valence-electron chi connectivity index (χ4n) is 4.00. The van der Waals surface area contributed by atoms with Crippen LogP contribution >= 0.6 is 11.8 Å². The van der Waals surface area contributed by atoms with Crippen LogP contribution < -0.4 is 10.0 Å². The fraction of sp³-hybridized carbons (Fsp3) is 0.370. The zero-order valence-corrected chi connectivity index (χ0v) is 23.7. The van der Waals surface area contributed by atoms with Crippen molar-refractivity contribution in [2.75, 3.05) is 19.4 Å². The van der Waals surface area contributed by atoms with Crippen molar-refractivity contribution < 1.29 is 22.7 Å². The van der Waals surface area contributed by atoms with Crippen LogP contribution in [-0.4, -0.2) is 49.4 Å². The molecule has 2 N–H and O–H groups in total. The number of aromatic nitrogens is 2. The Morgan fingerprint density at radius 2 is 1.76 bits per heavy atom. The van der Waals surface area contributed by atoms with Gasteiger partial charge < -0.3 is 14.6 Å². The first-order chi connectivity index (χ1) is 18.2. The molecule has 2 amide bonds. The summed E-state index contributed by atoms with van der Waals surface area (Å²) in [4.78, 5) is 29.4. The third kappa shape index (κ3) is 6.96. The van der Waals surface area contributed by atoms with Crippen molar-refractivity contribution in [1.29, 1.82) is 0 Å². The minimum Gasteiger partial charge on any atom is -0.461 e. The SMILES string of the molecule is CCCCc1nc(SC)c(C(=O)OCC)n1Cc1ccc(-c2ccccc2S(=O)(=O)NC(=O)NCC)cc1. The molecule has 0 radical (unpaired) electrons. The Morgan fingerprint density at radius 1 is 1.05 bits per heavy atom. The number of unbranched alkanes of at least 4 members (excludes halogenated alkanes) is 1. The summed E-state index contributed by atoms with van der Waals surface area (Å²) in [5.41, 5.74) is 2.52. The lowest BCUT2D eigenvalue weighted by molar-refractivity contribution is 0.0509. The van der Waals surface area contributed by atoms with Gasteiger partial charge in [-0.3, -0.25) is 0 Å². The first kappa shape index (κ1) is 29.2. The van der Waals surface area contributed by atoms with Gasteiger partial charge in [0, 0.05) is 25.1 Å². The van der Waals surface area contributed by atoms with Crippen molar-refractivity contribution in [3.8, 4) is 11.1 Å². The minimum absolute atomic E-state index is 0.00433. The number of rotatable bonds is 12. The molecule has 0 saturated carbocycles. The zero-order valence-electron chi connectivity index (χ0n) is 22.1. The Hall–Kier alpha value is -3.31. The molecule has 0 aliphatic heterocycles. The molecule has 11 heteroatoms. The van der Waals surface area contributed by atoms with Crippen LogP contribution in [0, 0.1) is 0 Å². The lowest BCUT2D eigenvalue weighted by atomic mass is 10.0. The summed E-state index contributed by atoms with van der Waals surface area (Å²) < 4.78 is 35.1. The van der Waals surface area contributed by atoms with E-state index < -0.39 is 22.0 Å². The highest BCUT2D eigenvalue weighted by Crippen LogP contribution is 2.29. The third-order valence-electron chi connectivity index (χ3n) is 5.78. The van der Waals surface area contributed by atoms with Gasteiger partial charge in [0.15, 0.2) is 5.69 Å². The minimum atomic E-state index is -4.08. The average Bonchev–Trinajstić information content (AvgIpc) is 3.25. The number of esters is 1. The number of nitrogens with zero attached hydrogens (tertiary/aromatic N) is 2. The number of imidazole rings is 1. The van der Waals surface area contributed by atoms with Crippen LogP contribution in [0.25, 0.3) is 11.1 Å². The lowest BCUT2D eigenvalue weighted by Crippen LogP contribution is -2.39. The summed E-state index contributed by atoms with van der Waals surface area (Å²) in [5, 5.41) is 3.08. The van der Waals surface area contributed by atoms with E-state index in [1.807, 2.05) is 35.1 Å². The number of urea groups is 1. The van der Waals surface area contributed by atoms with Gasteiger partial charge in [-0.05, 0) is 43.7 Å². The third-order valence-corrected chi connectivity index (χ3v) is 7.84. The first-order valence-electron chi connectivity index (χ1n) is 12.5. The quantitative estimate of drug-likeness (QED) is 0.241. The molecule has 0 aliphatic rings. The Balaban J connectivity index is 1.95. The molecule has 3 rings (SSSR count). The van der Waals surface area contributed by atoms with Crippen LogP contribution in [0.1, 0.15) is 55.5 Å². The highest BCUT2D eigenvalue weighted by molar-refractivity contribution is 7.98. The second kappa shape index (κ2) is 13.5. The van der Waals surface area contributed by atoms with E-state index in [1.165, 1.54) is 17.8 Å². The molecule has 204 valence electrons. The number of thioether (sulfide) groups is 1. The molecular weight excluding hydrogens is 524 g/mol. The van der Waals surface area contributed by atoms with Gasteiger partial charge >= 0.3 is 12.0 Å². The molecule has 0 fully saturated rings. The predicted octanol–water partition coefficient (Wildman–Crippen LogP) is 4.85. The maximum atomic E-state index is 12.9. The lowest BCUT2D eigenvalue weighted by Gasteiger charge is -2.14. The molecule has 0 atom stereocenters. The summed E-state index contributed by atoms with van der Waals surface area (Å²) in [7, 11) is -4.08. The molecule has 2 aromatic carbocycles. The smallest absolute Gasteiger partial charge is 0.357 e. The van der Waals surface area contributed by atoms with E-state index in [-0.39, 0.29) is 11.5 Å². The van der Waals surface area contributed by atoms with Crippen LogP contribution in [-0.2, 0) is 27.7 Å². The van der Waals surface area contributed by atoms with Gasteiger partial charge in [-0.1, -0.05) is 55.8 Å². The topological polar surface area (TPSA) is 119 Å². The number of sulfonamides is 1. The van der Waals surface area contributed by atoms with Crippen molar-refractivity contribution >= 4 is 33.8 Å². The van der Waals surface area contributed by atoms with Crippen LogP contribution in [0.3, 0.4) is 0 Å². The van der Waals surface area contributed by atoms with E-state index >= 15 is 0 Å². The van der Waals surface area contributed by atoms with Crippen LogP contribution in [0.2, 0.25) is 0 Å². The second-order valence-electron chi connectivity index (χ2n) is 8.45. The molecule has 0 spiro atoms. The number of nitrogens with one attached hydrogen (secondary N) is 2. The highest BCUT2D eigenvalue weighted by Gasteiger charge is 2.24. The van der Waals surface area contributed by atoms with Crippen molar-refractivity contribution in [2.45, 2.75) is 56.5 Å². The van der Waals surface area contributed by atoms with Gasteiger partial charge in [0.2, 0.25) is 0 Å². The maximum Gasteiger partial charge on any atom is 0.357 e. The Bertz CT molecular complexity index is 1370. The van der Waals surface area contributed by atoms with E-state index in [0.29, 0.717) is 34.9 Å². The summed E-state index contributed by atoms with van der Waals surface area (Å²) in [6.07, 6.45) is 4.58. The number of benzene rings is 2. The van der Waals surface area contributed by atoms with Crippen LogP contribution in [0.15, 0.2) is 58.5 Å². The molecule has 38 heavy (non-hydrogen) atoms. The number of hydrogen-bond donors (Lipinski definition) is 2. The summed E-state index contributed by atoms with van der Waals surface area (Å²) in [6.45, 7) is 6.58. The Morgan fingerprint density at radius 3 is 2.39 bits per heavy atom. The highest BCUT2D eigenvalue weighted by atomic mass is 32.2. The van der Waals surface area contributed by atoms with E-state index in [0.717, 1.165) is 30.7 Å². The summed E-state index contributed by atoms with van der Waals surface area (Å²) in [6, 6.07) is 13.2. The Kier molecular flexibility index (Phi) is 10.4. The molecule has 0 bridgehead atoms. The largest absolute Gasteiger partial charge is 0.461 e. The summed E-state index contributed by atoms with van der Waals surface area (Å²) in [5.74, 6) is 0.429. The zero-order chi connectivity index (χ0) is 27.7. The predicted molar refractivity (Wildman–Crippen MR) is 149 cm³/mol. The maximum absolute atomic E-state index is 12.9. The van der Waals surface area contributed by atoms with Gasteiger partial charge in [0.1, 0.15) is 10.9 Å². The number of amides is 2. The normalized spacial score (nSPS) is 11.3. The number of carbonyl (C=O) groups excluding carboxylic acids is 2. The number of carbonyl (C=O) groups is 2. The average molecular weight is 559 g/mol. The van der Waals surface area contributed by atoms with E-state index in [1.54, 1.807) is 32.0 Å². The Labute approximate surface area is 228 Å². The second-order valence-corrected chi connectivity index (χ2v) is 10.9. The number of aryl methyl sites for hydroxylation is 1. The molecule has 1 heterocycles. The standard InChI is InChI=1S/C27H34N4O5S2/c1-5-8-13-23-29-25(37-4)24(26(32)36-7-3)31(23)18-19-14-16-20(17-15-19)21-11-9-10-12-22(21)38(34,35)30-27(33)28-6-2/h9-12,14-17H,5-8,13,18H2,1-4H3,(H2,28,30,33). The van der Waals surface area contributed by atoms with Gasteiger partial charge in [-0.2, -0.15) is 0 Å². The summed E-state index contributed by atoms with van der Waals surface area (Å²) >= 11 is 1.42. The molecule has 1 aromatic heterocycles. The number of ether oxygens (including phenoxy) is 1. The van der Waals surface area contributed by atoms with Crippen molar-refractivity contribution in [3.05, 3.63) is 65.6 Å². The van der Waals surface area contributed by atoms with Crippen LogP contribution in [0.4, 0.5) is 4.79 Å². The van der Waals surface area contributed by atoms with E-state index in [2.05, 4.69) is 17.0 Å². The van der Waals surface area contributed by atoms with Gasteiger partial charge in [0.25, 0.3) is 10.0 Å². The monoisotopic (exact) mass is 558 g/mol. The van der Waals surface area contributed by atoms with E-state index in [4.69, 9.17) is 9.72 Å². The van der Waals surface area contributed by atoms with Gasteiger partial charge in [0.05, 0.1) is 11.5 Å². The molecular formula is C27H34N4O5S2. The van der Waals surface area contributed by atoms with Gasteiger partial charge in [-0.25, -0.2) is 27.7 Å².